The Hall–Kier alpha value is -3.22. The van der Waals surface area contributed by atoms with Crippen LogP contribution in [0.2, 0.25) is 0 Å². The first kappa shape index (κ1) is 15.7. The normalized spacial score (nSPS) is 10.4. The van der Waals surface area contributed by atoms with Crippen LogP contribution in [0.3, 0.4) is 0 Å². The van der Waals surface area contributed by atoms with Gasteiger partial charge < -0.3 is 16.4 Å². The summed E-state index contributed by atoms with van der Waals surface area (Å²) in [6.45, 7) is 0.417. The van der Waals surface area contributed by atoms with Gasteiger partial charge in [0.15, 0.2) is 11.6 Å². The molecule has 2 aromatic carbocycles. The van der Waals surface area contributed by atoms with Gasteiger partial charge in [-0.05, 0) is 29.8 Å². The number of nitrogens with two attached hydrogens (primary N) is 1. The minimum atomic E-state index is -0.406. The monoisotopic (exact) mass is 327 g/mol. The third-order valence-corrected chi connectivity index (χ3v) is 3.38. The van der Waals surface area contributed by atoms with E-state index in [9.17, 15) is 8.78 Å². The number of nitrogens with one attached hydrogen (secondary N) is 2. The van der Waals surface area contributed by atoms with Crippen LogP contribution in [0.25, 0.3) is 0 Å². The zero-order valence-corrected chi connectivity index (χ0v) is 12.6. The van der Waals surface area contributed by atoms with Crippen molar-refractivity contribution in [2.24, 2.45) is 0 Å². The van der Waals surface area contributed by atoms with Gasteiger partial charge >= 0.3 is 0 Å². The average Bonchev–Trinajstić information content (AvgIpc) is 2.59. The summed E-state index contributed by atoms with van der Waals surface area (Å²) in [5.41, 5.74) is 7.45. The number of nitrogen functional groups attached to an aromatic ring is 1. The SMILES string of the molecule is Nc1c(NCc2ccc(F)cc2)ncnc1Nc1ccccc1F. The molecule has 0 aliphatic heterocycles. The van der Waals surface area contributed by atoms with Crippen LogP contribution in [0, 0.1) is 11.6 Å². The van der Waals surface area contributed by atoms with Crippen molar-refractivity contribution in [3.05, 3.63) is 72.1 Å². The van der Waals surface area contributed by atoms with Crippen LogP contribution >= 0.6 is 0 Å². The first-order valence-electron chi connectivity index (χ1n) is 7.24. The maximum absolute atomic E-state index is 13.7. The fourth-order valence-electron chi connectivity index (χ4n) is 2.11. The lowest BCUT2D eigenvalue weighted by Crippen LogP contribution is -2.08. The smallest absolute Gasteiger partial charge is 0.159 e. The van der Waals surface area contributed by atoms with Crippen molar-refractivity contribution in [3.8, 4) is 0 Å². The molecule has 0 fully saturated rings. The first-order valence-corrected chi connectivity index (χ1v) is 7.24. The predicted molar refractivity (Wildman–Crippen MR) is 89.9 cm³/mol. The van der Waals surface area contributed by atoms with E-state index < -0.39 is 5.82 Å². The van der Waals surface area contributed by atoms with Crippen molar-refractivity contribution in [1.29, 1.82) is 0 Å². The van der Waals surface area contributed by atoms with Crippen LogP contribution in [0.4, 0.5) is 31.8 Å². The van der Waals surface area contributed by atoms with Gasteiger partial charge in [0.2, 0.25) is 0 Å². The van der Waals surface area contributed by atoms with E-state index in [-0.39, 0.29) is 17.2 Å². The van der Waals surface area contributed by atoms with Crippen molar-refractivity contribution in [3.63, 3.8) is 0 Å². The second-order valence-corrected chi connectivity index (χ2v) is 5.07. The standard InChI is InChI=1S/C17H15F2N5/c18-12-7-5-11(6-8-12)9-21-16-15(20)17(23-10-22-16)24-14-4-2-1-3-13(14)19/h1-8,10H,9,20H2,(H2,21,22,23,24). The molecule has 0 amide bonds. The van der Waals surface area contributed by atoms with Gasteiger partial charge in [0.05, 0.1) is 5.69 Å². The lowest BCUT2D eigenvalue weighted by atomic mass is 10.2. The van der Waals surface area contributed by atoms with E-state index in [1.54, 1.807) is 30.3 Å². The number of hydrogen-bond donors (Lipinski definition) is 3. The number of benzene rings is 2. The summed E-state index contributed by atoms with van der Waals surface area (Å²) in [6, 6.07) is 12.3. The third kappa shape index (κ3) is 3.57. The molecule has 24 heavy (non-hydrogen) atoms. The van der Waals surface area contributed by atoms with Gasteiger partial charge in [-0.1, -0.05) is 24.3 Å². The van der Waals surface area contributed by atoms with Crippen LogP contribution in [0.1, 0.15) is 5.56 Å². The zero-order valence-electron chi connectivity index (χ0n) is 12.6. The van der Waals surface area contributed by atoms with Gasteiger partial charge in [-0.15, -0.1) is 0 Å². The number of rotatable bonds is 5. The number of halogens is 2. The molecule has 5 nitrogen and oxygen atoms in total. The molecule has 7 heteroatoms. The zero-order chi connectivity index (χ0) is 16.9. The molecule has 0 radical (unpaired) electrons. The molecule has 0 bridgehead atoms. The van der Waals surface area contributed by atoms with Crippen LogP contribution in [-0.4, -0.2) is 9.97 Å². The molecule has 0 saturated heterocycles. The number of hydrogen-bond acceptors (Lipinski definition) is 5. The van der Waals surface area contributed by atoms with Crippen LogP contribution < -0.4 is 16.4 Å². The largest absolute Gasteiger partial charge is 0.393 e. The Morgan fingerprint density at radius 2 is 1.62 bits per heavy atom. The van der Waals surface area contributed by atoms with Crippen molar-refractivity contribution in [2.45, 2.75) is 6.54 Å². The van der Waals surface area contributed by atoms with Crippen molar-refractivity contribution < 1.29 is 8.78 Å². The van der Waals surface area contributed by atoms with Crippen LogP contribution in [0.15, 0.2) is 54.9 Å². The number of anilines is 4. The Labute approximate surface area is 137 Å². The maximum atomic E-state index is 13.7. The maximum Gasteiger partial charge on any atom is 0.159 e. The molecular weight excluding hydrogens is 312 g/mol. The quantitative estimate of drug-likeness (QED) is 0.666. The molecule has 0 spiro atoms. The average molecular weight is 327 g/mol. The fourth-order valence-corrected chi connectivity index (χ4v) is 2.11. The highest BCUT2D eigenvalue weighted by Gasteiger charge is 2.10. The van der Waals surface area contributed by atoms with E-state index >= 15 is 0 Å². The second-order valence-electron chi connectivity index (χ2n) is 5.07. The van der Waals surface area contributed by atoms with Gasteiger partial charge in [0.1, 0.15) is 23.6 Å². The predicted octanol–water partition coefficient (Wildman–Crippen LogP) is 3.69. The molecule has 0 unspecified atom stereocenters. The Morgan fingerprint density at radius 3 is 2.38 bits per heavy atom. The highest BCUT2D eigenvalue weighted by atomic mass is 19.1. The minimum absolute atomic E-state index is 0.267. The Kier molecular flexibility index (Phi) is 4.51. The van der Waals surface area contributed by atoms with E-state index in [4.69, 9.17) is 5.73 Å². The van der Waals surface area contributed by atoms with E-state index in [1.807, 2.05) is 0 Å². The van der Waals surface area contributed by atoms with Crippen molar-refractivity contribution in [2.75, 3.05) is 16.4 Å². The molecule has 3 aromatic rings. The Balaban J connectivity index is 1.75. The van der Waals surface area contributed by atoms with E-state index in [0.717, 1.165) is 5.56 Å². The molecule has 4 N–H and O–H groups in total. The summed E-state index contributed by atoms with van der Waals surface area (Å²) in [4.78, 5) is 8.12. The summed E-state index contributed by atoms with van der Waals surface area (Å²) >= 11 is 0. The van der Waals surface area contributed by atoms with Gasteiger partial charge in [-0.3, -0.25) is 0 Å². The lowest BCUT2D eigenvalue weighted by molar-refractivity contribution is 0.627. The molecular formula is C17H15F2N5. The van der Waals surface area contributed by atoms with Gasteiger partial charge in [0.25, 0.3) is 0 Å². The summed E-state index contributed by atoms with van der Waals surface area (Å²) in [5, 5.41) is 5.90. The molecule has 0 aliphatic rings. The molecule has 122 valence electrons. The van der Waals surface area contributed by atoms with E-state index in [1.165, 1.54) is 24.5 Å². The molecule has 1 heterocycles. The molecule has 0 aliphatic carbocycles. The highest BCUT2D eigenvalue weighted by Crippen LogP contribution is 2.27. The Bertz CT molecular complexity index is 837. The minimum Gasteiger partial charge on any atom is -0.393 e. The lowest BCUT2D eigenvalue weighted by Gasteiger charge is -2.13. The fraction of sp³-hybridized carbons (Fsp3) is 0.0588. The molecule has 0 atom stereocenters. The van der Waals surface area contributed by atoms with E-state index in [0.29, 0.717) is 18.2 Å². The summed E-state index contributed by atoms with van der Waals surface area (Å²) in [5.74, 6) is 0.0119. The topological polar surface area (TPSA) is 75.9 Å². The van der Waals surface area contributed by atoms with E-state index in [2.05, 4.69) is 20.6 Å². The van der Waals surface area contributed by atoms with Gasteiger partial charge in [0, 0.05) is 6.54 Å². The molecule has 0 saturated carbocycles. The second kappa shape index (κ2) is 6.91. The summed E-state index contributed by atoms with van der Waals surface area (Å²) in [7, 11) is 0. The number of aromatic nitrogens is 2. The summed E-state index contributed by atoms with van der Waals surface area (Å²) < 4.78 is 26.6. The molecule has 1 aromatic heterocycles. The number of nitrogens with zero attached hydrogens (tertiary/aromatic N) is 2. The first-order chi connectivity index (χ1) is 11.6. The third-order valence-electron chi connectivity index (χ3n) is 3.38. The summed E-state index contributed by atoms with van der Waals surface area (Å²) in [6.07, 6.45) is 1.33. The van der Waals surface area contributed by atoms with Crippen LogP contribution in [0.5, 0.6) is 0 Å². The van der Waals surface area contributed by atoms with Gasteiger partial charge in [-0.2, -0.15) is 0 Å². The highest BCUT2D eigenvalue weighted by molar-refractivity contribution is 5.77. The van der Waals surface area contributed by atoms with Gasteiger partial charge in [-0.25, -0.2) is 18.7 Å². The number of para-hydroxylation sites is 1. The van der Waals surface area contributed by atoms with Crippen LogP contribution in [-0.2, 0) is 6.54 Å². The van der Waals surface area contributed by atoms with Crippen molar-refractivity contribution in [1.82, 2.24) is 9.97 Å². The molecule has 3 rings (SSSR count). The van der Waals surface area contributed by atoms with Crippen molar-refractivity contribution >= 4 is 23.0 Å². The Morgan fingerprint density at radius 1 is 0.917 bits per heavy atom.